The summed E-state index contributed by atoms with van der Waals surface area (Å²) in [5.41, 5.74) is 0.802. The molecule has 0 atom stereocenters. The molecule has 6 heteroatoms. The third-order valence-electron chi connectivity index (χ3n) is 2.68. The van der Waals surface area contributed by atoms with Crippen LogP contribution in [0.25, 0.3) is 6.08 Å². The smallest absolute Gasteiger partial charge is 0.294 e. The van der Waals surface area contributed by atoms with Crippen LogP contribution in [-0.2, 0) is 4.79 Å². The molecule has 0 N–H and O–H groups in total. The molecule has 0 spiro atoms. The zero-order chi connectivity index (χ0) is 15.4. The first-order chi connectivity index (χ1) is 10.1. The van der Waals surface area contributed by atoms with Crippen LogP contribution in [0.2, 0.25) is 0 Å². The van der Waals surface area contributed by atoms with E-state index in [-0.39, 0.29) is 17.7 Å². The van der Waals surface area contributed by atoms with E-state index >= 15 is 0 Å². The van der Waals surface area contributed by atoms with Crippen LogP contribution in [0.3, 0.4) is 0 Å². The molecule has 4 nitrogen and oxygen atoms in total. The summed E-state index contributed by atoms with van der Waals surface area (Å²) in [6.45, 7) is 2.47. The fourth-order valence-electron chi connectivity index (χ4n) is 1.76. The normalized spacial score (nSPS) is 16.4. The molecule has 1 fully saturated rings. The van der Waals surface area contributed by atoms with Crippen molar-refractivity contribution in [1.29, 1.82) is 0 Å². The second-order valence-corrected chi connectivity index (χ2v) is 5.94. The quantitative estimate of drug-likeness (QED) is 0.604. The van der Waals surface area contributed by atoms with Crippen molar-refractivity contribution in [3.63, 3.8) is 0 Å². The topological polar surface area (TPSA) is 46.6 Å². The average Bonchev–Trinajstić information content (AvgIpc) is 2.70. The van der Waals surface area contributed by atoms with Gasteiger partial charge in [-0.15, -0.1) is 6.42 Å². The highest BCUT2D eigenvalue weighted by Gasteiger charge is 2.34. The molecule has 0 bridgehead atoms. The Bertz CT molecular complexity index is 663. The third-order valence-corrected chi connectivity index (χ3v) is 4.20. The Morgan fingerprint density at radius 1 is 1.48 bits per heavy atom. The van der Waals surface area contributed by atoms with Crippen LogP contribution < -0.4 is 4.74 Å². The largest absolute Gasteiger partial charge is 0.493 e. The molecular weight excluding hydrogens is 354 g/mol. The number of benzene rings is 1. The van der Waals surface area contributed by atoms with Crippen molar-refractivity contribution >= 4 is 44.9 Å². The van der Waals surface area contributed by atoms with Gasteiger partial charge in [-0.1, -0.05) is 12.0 Å². The summed E-state index contributed by atoms with van der Waals surface area (Å²) in [6, 6.07) is 5.47. The van der Waals surface area contributed by atoms with Gasteiger partial charge in [-0.05, 0) is 58.4 Å². The average molecular weight is 366 g/mol. The van der Waals surface area contributed by atoms with E-state index in [0.29, 0.717) is 11.5 Å². The minimum Gasteiger partial charge on any atom is -0.493 e. The monoisotopic (exact) mass is 365 g/mol. The lowest BCUT2D eigenvalue weighted by Crippen LogP contribution is -2.28. The van der Waals surface area contributed by atoms with Gasteiger partial charge in [0, 0.05) is 0 Å². The van der Waals surface area contributed by atoms with Gasteiger partial charge >= 0.3 is 0 Å². The molecule has 0 unspecified atom stereocenters. The summed E-state index contributed by atoms with van der Waals surface area (Å²) in [4.78, 5) is 25.2. The van der Waals surface area contributed by atoms with Gasteiger partial charge in [-0.2, -0.15) is 0 Å². The molecule has 0 aromatic heterocycles. The van der Waals surface area contributed by atoms with Gasteiger partial charge in [0.1, 0.15) is 5.75 Å². The lowest BCUT2D eigenvalue weighted by Gasteiger charge is -2.07. The number of terminal acetylenes is 1. The number of amides is 2. The lowest BCUT2D eigenvalue weighted by atomic mass is 10.2. The molecule has 1 aromatic carbocycles. The van der Waals surface area contributed by atoms with Crippen LogP contribution in [0.15, 0.2) is 27.6 Å². The Hall–Kier alpha value is -1.71. The summed E-state index contributed by atoms with van der Waals surface area (Å²) < 4.78 is 6.22. The van der Waals surface area contributed by atoms with Crippen molar-refractivity contribution in [2.75, 3.05) is 13.2 Å². The SMILES string of the molecule is C#CCN1C(=O)S/C(=C/c2ccc(OCC)c(Br)c2)C1=O. The van der Waals surface area contributed by atoms with Crippen molar-refractivity contribution in [1.82, 2.24) is 4.90 Å². The van der Waals surface area contributed by atoms with Crippen molar-refractivity contribution in [2.24, 2.45) is 0 Å². The highest BCUT2D eigenvalue weighted by Crippen LogP contribution is 2.33. The molecule has 1 aromatic rings. The predicted octanol–water partition coefficient (Wildman–Crippen LogP) is 3.52. The van der Waals surface area contributed by atoms with Gasteiger partial charge in [0.25, 0.3) is 11.1 Å². The Labute approximate surface area is 135 Å². The van der Waals surface area contributed by atoms with Crippen molar-refractivity contribution in [2.45, 2.75) is 6.92 Å². The number of carbonyl (C=O) groups excluding carboxylic acids is 2. The fourth-order valence-corrected chi connectivity index (χ4v) is 3.11. The summed E-state index contributed by atoms with van der Waals surface area (Å²) in [6.07, 6.45) is 6.82. The van der Waals surface area contributed by atoms with Crippen LogP contribution in [0.5, 0.6) is 5.75 Å². The van der Waals surface area contributed by atoms with Crippen LogP contribution in [0.1, 0.15) is 12.5 Å². The maximum absolute atomic E-state index is 12.0. The molecular formula is C15H12BrNO3S. The molecule has 21 heavy (non-hydrogen) atoms. The lowest BCUT2D eigenvalue weighted by molar-refractivity contribution is -0.122. The Morgan fingerprint density at radius 2 is 2.24 bits per heavy atom. The molecule has 2 rings (SSSR count). The number of hydrogen-bond donors (Lipinski definition) is 0. The predicted molar refractivity (Wildman–Crippen MR) is 86.8 cm³/mol. The minimum atomic E-state index is -0.354. The standard InChI is InChI=1S/C15H12BrNO3S/c1-3-7-17-14(18)13(21-15(17)19)9-10-5-6-12(20-4-2)11(16)8-10/h1,5-6,8-9H,4,7H2,2H3/b13-9+. The second kappa shape index (κ2) is 6.83. The molecule has 1 saturated heterocycles. The van der Waals surface area contributed by atoms with Gasteiger partial charge in [-0.3, -0.25) is 14.5 Å². The van der Waals surface area contributed by atoms with Gasteiger partial charge in [0.15, 0.2) is 0 Å². The number of carbonyl (C=O) groups is 2. The van der Waals surface area contributed by atoms with Gasteiger partial charge in [-0.25, -0.2) is 0 Å². The van der Waals surface area contributed by atoms with E-state index in [1.165, 1.54) is 0 Å². The molecule has 1 aliphatic heterocycles. The second-order valence-electron chi connectivity index (χ2n) is 4.09. The van der Waals surface area contributed by atoms with Crippen molar-refractivity contribution in [3.8, 4) is 18.1 Å². The number of hydrogen-bond acceptors (Lipinski definition) is 4. The third kappa shape index (κ3) is 3.49. The van der Waals surface area contributed by atoms with Crippen molar-refractivity contribution < 1.29 is 14.3 Å². The number of rotatable bonds is 4. The fraction of sp³-hybridized carbons (Fsp3) is 0.200. The van der Waals surface area contributed by atoms with E-state index in [2.05, 4.69) is 21.9 Å². The summed E-state index contributed by atoms with van der Waals surface area (Å²) in [5, 5.41) is -0.339. The number of imide groups is 1. The zero-order valence-electron chi connectivity index (χ0n) is 11.3. The van der Waals surface area contributed by atoms with E-state index in [0.717, 1.165) is 32.4 Å². The number of ether oxygens (including phenoxy) is 1. The van der Waals surface area contributed by atoms with Crippen molar-refractivity contribution in [3.05, 3.63) is 33.1 Å². The zero-order valence-corrected chi connectivity index (χ0v) is 13.7. The van der Waals surface area contributed by atoms with Gasteiger partial charge in [0.2, 0.25) is 0 Å². The first-order valence-electron chi connectivity index (χ1n) is 6.18. The first-order valence-corrected chi connectivity index (χ1v) is 7.79. The highest BCUT2D eigenvalue weighted by molar-refractivity contribution is 9.10. The molecule has 1 aliphatic rings. The van der Waals surface area contributed by atoms with Crippen LogP contribution >= 0.6 is 27.7 Å². The number of thioether (sulfide) groups is 1. The summed E-state index contributed by atoms with van der Waals surface area (Å²) in [5.74, 6) is 2.68. The summed E-state index contributed by atoms with van der Waals surface area (Å²) in [7, 11) is 0. The maximum atomic E-state index is 12.0. The van der Waals surface area contributed by atoms with Crippen LogP contribution in [0.4, 0.5) is 4.79 Å². The van der Waals surface area contributed by atoms with E-state index in [1.54, 1.807) is 6.08 Å². The highest BCUT2D eigenvalue weighted by atomic mass is 79.9. The number of nitrogens with zero attached hydrogens (tertiary/aromatic N) is 1. The van der Waals surface area contributed by atoms with Crippen LogP contribution in [-0.4, -0.2) is 29.2 Å². The van der Waals surface area contributed by atoms with Crippen LogP contribution in [0, 0.1) is 12.3 Å². The molecule has 2 amide bonds. The molecule has 108 valence electrons. The minimum absolute atomic E-state index is 0.00498. The maximum Gasteiger partial charge on any atom is 0.294 e. The molecule has 0 radical (unpaired) electrons. The van der Waals surface area contributed by atoms with E-state index in [4.69, 9.17) is 11.2 Å². The first kappa shape index (κ1) is 15.7. The Morgan fingerprint density at radius 3 is 2.86 bits per heavy atom. The molecule has 0 aliphatic carbocycles. The Balaban J connectivity index is 2.25. The van der Waals surface area contributed by atoms with Gasteiger partial charge in [0.05, 0.1) is 22.5 Å². The van der Waals surface area contributed by atoms with E-state index < -0.39 is 0 Å². The summed E-state index contributed by atoms with van der Waals surface area (Å²) >= 11 is 4.30. The Kier molecular flexibility index (Phi) is 5.10. The van der Waals surface area contributed by atoms with E-state index in [9.17, 15) is 9.59 Å². The molecule has 0 saturated carbocycles. The van der Waals surface area contributed by atoms with E-state index in [1.807, 2.05) is 25.1 Å². The van der Waals surface area contributed by atoms with Gasteiger partial charge < -0.3 is 4.74 Å². The molecule has 1 heterocycles. The number of halogens is 1.